The Labute approximate surface area is 108 Å². The smallest absolute Gasteiger partial charge is 0.139 e. The highest BCUT2D eigenvalue weighted by atomic mass is 32.1. The summed E-state index contributed by atoms with van der Waals surface area (Å²) in [5.74, 6) is 0.839. The molecule has 0 spiro atoms. The second kappa shape index (κ2) is 4.86. The Morgan fingerprint density at radius 3 is 2.65 bits per heavy atom. The van der Waals surface area contributed by atoms with E-state index in [9.17, 15) is 0 Å². The third-order valence-electron chi connectivity index (χ3n) is 3.54. The van der Waals surface area contributed by atoms with Crippen LogP contribution in [0.5, 0.6) is 0 Å². The molecule has 1 aliphatic rings. The summed E-state index contributed by atoms with van der Waals surface area (Å²) in [4.78, 5) is 7.94. The highest BCUT2D eigenvalue weighted by Crippen LogP contribution is 2.25. The number of ether oxygens (including phenoxy) is 1. The lowest BCUT2D eigenvalue weighted by Gasteiger charge is -2.23. The molecule has 1 N–H and O–H groups in total. The minimum atomic E-state index is -0.408. The van der Waals surface area contributed by atoms with Gasteiger partial charge < -0.3 is 9.72 Å². The van der Waals surface area contributed by atoms with Gasteiger partial charge in [0.05, 0.1) is 0 Å². The predicted octanol–water partition coefficient (Wildman–Crippen LogP) is 3.29. The Hall–Kier alpha value is -0.740. The summed E-state index contributed by atoms with van der Waals surface area (Å²) in [6, 6.07) is 0. The molecule has 0 atom stereocenters. The number of fused-ring (bicyclic) bond motifs is 1. The van der Waals surface area contributed by atoms with Gasteiger partial charge >= 0.3 is 0 Å². The normalized spacial score (nSPS) is 16.4. The van der Waals surface area contributed by atoms with Crippen molar-refractivity contribution in [2.45, 2.75) is 51.6 Å². The summed E-state index contributed by atoms with van der Waals surface area (Å²) in [5, 5.41) is 0. The van der Waals surface area contributed by atoms with Gasteiger partial charge in [-0.1, -0.05) is 18.6 Å². The molecule has 2 rings (SSSR count). The van der Waals surface area contributed by atoms with E-state index in [0.29, 0.717) is 0 Å². The number of nitrogens with zero attached hydrogens (tertiary/aromatic N) is 1. The van der Waals surface area contributed by atoms with Crippen LogP contribution in [0.2, 0.25) is 0 Å². The van der Waals surface area contributed by atoms with E-state index in [0.717, 1.165) is 23.3 Å². The van der Waals surface area contributed by atoms with Crippen LogP contribution in [-0.4, -0.2) is 17.1 Å². The first-order chi connectivity index (χ1) is 8.04. The van der Waals surface area contributed by atoms with Crippen LogP contribution in [-0.2, 0) is 23.2 Å². The first-order valence-corrected chi connectivity index (χ1v) is 6.63. The minimum Gasteiger partial charge on any atom is -0.371 e. The summed E-state index contributed by atoms with van der Waals surface area (Å²) in [5.41, 5.74) is 2.10. The molecule has 0 fully saturated rings. The van der Waals surface area contributed by atoms with E-state index < -0.39 is 5.60 Å². The lowest BCUT2D eigenvalue weighted by molar-refractivity contribution is 0.0111. The SMILES string of the molecule is COC(C)(C)c1nc(=S)c2c([nH]1)CCCCC2. The summed E-state index contributed by atoms with van der Waals surface area (Å²) in [7, 11) is 1.70. The highest BCUT2D eigenvalue weighted by Gasteiger charge is 2.24. The number of aromatic amines is 1. The lowest BCUT2D eigenvalue weighted by atomic mass is 10.1. The molecule has 0 bridgehead atoms. The van der Waals surface area contributed by atoms with Crippen LogP contribution >= 0.6 is 12.2 Å². The molecule has 0 saturated heterocycles. The molecule has 1 heterocycles. The van der Waals surface area contributed by atoms with Crippen LogP contribution in [0.25, 0.3) is 0 Å². The van der Waals surface area contributed by atoms with Crippen molar-refractivity contribution in [3.63, 3.8) is 0 Å². The van der Waals surface area contributed by atoms with Crippen molar-refractivity contribution < 1.29 is 4.74 Å². The molecule has 1 aromatic heterocycles. The molecule has 1 aromatic rings. The monoisotopic (exact) mass is 252 g/mol. The Balaban J connectivity index is 2.50. The number of H-pyrrole nitrogens is 1. The summed E-state index contributed by atoms with van der Waals surface area (Å²) < 4.78 is 6.21. The van der Waals surface area contributed by atoms with Gasteiger partial charge in [-0.2, -0.15) is 0 Å². The topological polar surface area (TPSA) is 37.9 Å². The Kier molecular flexibility index (Phi) is 3.64. The van der Waals surface area contributed by atoms with Gasteiger partial charge in [0.25, 0.3) is 0 Å². The molecule has 94 valence electrons. The second-order valence-electron chi connectivity index (χ2n) is 5.12. The molecule has 0 amide bonds. The van der Waals surface area contributed by atoms with Gasteiger partial charge in [0.1, 0.15) is 16.1 Å². The molecule has 0 unspecified atom stereocenters. The van der Waals surface area contributed by atoms with Gasteiger partial charge in [-0.25, -0.2) is 4.98 Å². The van der Waals surface area contributed by atoms with E-state index in [2.05, 4.69) is 9.97 Å². The van der Waals surface area contributed by atoms with Gasteiger partial charge in [-0.05, 0) is 39.5 Å². The van der Waals surface area contributed by atoms with Crippen molar-refractivity contribution >= 4 is 12.2 Å². The summed E-state index contributed by atoms with van der Waals surface area (Å²) in [6.07, 6.45) is 5.87. The van der Waals surface area contributed by atoms with Crippen LogP contribution in [0.1, 0.15) is 50.2 Å². The number of rotatable bonds is 2. The zero-order valence-corrected chi connectivity index (χ0v) is 11.6. The zero-order chi connectivity index (χ0) is 12.5. The number of aromatic nitrogens is 2. The van der Waals surface area contributed by atoms with Crippen LogP contribution in [0.15, 0.2) is 0 Å². The minimum absolute atomic E-state index is 0.408. The van der Waals surface area contributed by atoms with Gasteiger partial charge in [-0.15, -0.1) is 0 Å². The average molecular weight is 252 g/mol. The number of methoxy groups -OCH3 is 1. The van der Waals surface area contributed by atoms with Crippen molar-refractivity contribution in [2.24, 2.45) is 0 Å². The van der Waals surface area contributed by atoms with Crippen LogP contribution in [0.3, 0.4) is 0 Å². The summed E-state index contributed by atoms with van der Waals surface area (Å²) in [6.45, 7) is 4.01. The highest BCUT2D eigenvalue weighted by molar-refractivity contribution is 7.71. The standard InChI is InChI=1S/C13H20N2OS/c1-13(2,16-3)12-14-10-8-6-4-5-7-9(10)11(17)15-12/h4-8H2,1-3H3,(H,14,15,17). The van der Waals surface area contributed by atoms with Crippen molar-refractivity contribution in [1.29, 1.82) is 0 Å². The number of hydrogen-bond donors (Lipinski definition) is 1. The maximum absolute atomic E-state index is 5.46. The Morgan fingerprint density at radius 1 is 1.24 bits per heavy atom. The molecule has 0 aliphatic heterocycles. The first-order valence-electron chi connectivity index (χ1n) is 6.22. The van der Waals surface area contributed by atoms with Crippen molar-refractivity contribution in [3.05, 3.63) is 21.7 Å². The first kappa shape index (κ1) is 12.7. The predicted molar refractivity (Wildman–Crippen MR) is 70.7 cm³/mol. The fraction of sp³-hybridized carbons (Fsp3) is 0.692. The molecule has 0 saturated carbocycles. The molecule has 3 nitrogen and oxygen atoms in total. The third-order valence-corrected chi connectivity index (χ3v) is 3.88. The van der Waals surface area contributed by atoms with Gasteiger partial charge in [-0.3, -0.25) is 0 Å². The number of aryl methyl sites for hydroxylation is 1. The van der Waals surface area contributed by atoms with E-state index in [1.807, 2.05) is 13.8 Å². The molecular formula is C13H20N2OS. The van der Waals surface area contributed by atoms with Crippen molar-refractivity contribution in [2.75, 3.05) is 7.11 Å². The molecule has 0 aromatic carbocycles. The molecular weight excluding hydrogens is 232 g/mol. The van der Waals surface area contributed by atoms with E-state index in [-0.39, 0.29) is 0 Å². The van der Waals surface area contributed by atoms with E-state index in [4.69, 9.17) is 17.0 Å². The van der Waals surface area contributed by atoms with Crippen molar-refractivity contribution in [3.8, 4) is 0 Å². The van der Waals surface area contributed by atoms with E-state index in [1.165, 1.54) is 30.5 Å². The van der Waals surface area contributed by atoms with Crippen LogP contribution < -0.4 is 0 Å². The number of hydrogen-bond acceptors (Lipinski definition) is 3. The van der Waals surface area contributed by atoms with Crippen LogP contribution in [0.4, 0.5) is 0 Å². The van der Waals surface area contributed by atoms with Crippen molar-refractivity contribution in [1.82, 2.24) is 9.97 Å². The van der Waals surface area contributed by atoms with Gasteiger partial charge in [0, 0.05) is 18.4 Å². The zero-order valence-electron chi connectivity index (χ0n) is 10.8. The maximum Gasteiger partial charge on any atom is 0.139 e. The lowest BCUT2D eigenvalue weighted by Crippen LogP contribution is -2.24. The quantitative estimate of drug-likeness (QED) is 0.648. The van der Waals surface area contributed by atoms with E-state index >= 15 is 0 Å². The maximum atomic E-state index is 5.46. The van der Waals surface area contributed by atoms with Gasteiger partial charge in [0.2, 0.25) is 0 Å². The Morgan fingerprint density at radius 2 is 1.94 bits per heavy atom. The van der Waals surface area contributed by atoms with Gasteiger partial charge in [0.15, 0.2) is 0 Å². The third kappa shape index (κ3) is 2.58. The fourth-order valence-corrected chi connectivity index (χ4v) is 2.49. The molecule has 0 radical (unpaired) electrons. The second-order valence-corrected chi connectivity index (χ2v) is 5.51. The Bertz CT molecular complexity index is 465. The average Bonchev–Trinajstić information content (AvgIpc) is 2.54. The molecule has 1 aliphatic carbocycles. The molecule has 17 heavy (non-hydrogen) atoms. The largest absolute Gasteiger partial charge is 0.371 e. The number of nitrogens with one attached hydrogen (secondary N) is 1. The van der Waals surface area contributed by atoms with E-state index in [1.54, 1.807) is 7.11 Å². The summed E-state index contributed by atoms with van der Waals surface area (Å²) >= 11 is 5.42. The fourth-order valence-electron chi connectivity index (χ4n) is 2.18. The molecule has 4 heteroatoms. The van der Waals surface area contributed by atoms with Crippen LogP contribution in [0, 0.1) is 4.64 Å².